The number of carboxylic acid groups (broad SMARTS) is 1. The fraction of sp³-hybridized carbons (Fsp3) is 0.238. The van der Waals surface area contributed by atoms with Crippen molar-refractivity contribution >= 4 is 88.1 Å². The molecule has 0 radical (unpaired) electrons. The Morgan fingerprint density at radius 1 is 0.561 bits per heavy atom. The molecule has 2 atom stereocenters. The number of esters is 2. The van der Waals surface area contributed by atoms with Crippen LogP contribution in [0.4, 0.5) is 39.8 Å². The minimum Gasteiger partial charge on any atom is -0.478 e. The third-order valence-corrected chi connectivity index (χ3v) is 12.4. The second kappa shape index (κ2) is 33.9. The molecule has 0 aromatic heterocycles. The summed E-state index contributed by atoms with van der Waals surface area (Å²) in [6, 6.07) is 42.2. The molecule has 19 nitrogen and oxygen atoms in total. The number of nitrogens with two attached hydrogens (primary N) is 1. The van der Waals surface area contributed by atoms with E-state index in [2.05, 4.69) is 83.2 Å². The molecule has 6 aromatic rings. The minimum atomic E-state index is -1.10. The van der Waals surface area contributed by atoms with E-state index in [4.69, 9.17) is 34.4 Å². The maximum atomic E-state index is 12.4. The van der Waals surface area contributed by atoms with Crippen LogP contribution in [-0.2, 0) is 52.6 Å². The lowest BCUT2D eigenvalue weighted by molar-refractivity contribution is -0.193. The third kappa shape index (κ3) is 21.9. The molecule has 1 fully saturated rings. The van der Waals surface area contributed by atoms with E-state index in [1.54, 1.807) is 6.92 Å². The molecule has 0 bridgehead atoms. The first-order chi connectivity index (χ1) is 39.1. The molecular weight excluding hydrogens is 1050 g/mol. The highest BCUT2D eigenvalue weighted by Crippen LogP contribution is 2.36. The van der Waals surface area contributed by atoms with E-state index in [1.165, 1.54) is 48.6 Å². The summed E-state index contributed by atoms with van der Waals surface area (Å²) in [5, 5.41) is 22.7. The largest absolute Gasteiger partial charge is 0.478 e. The van der Waals surface area contributed by atoms with E-state index < -0.39 is 17.9 Å². The van der Waals surface area contributed by atoms with Crippen LogP contribution in [0.2, 0.25) is 0 Å². The van der Waals surface area contributed by atoms with E-state index in [0.29, 0.717) is 36.3 Å². The van der Waals surface area contributed by atoms with Crippen LogP contribution in [0.1, 0.15) is 77.7 Å². The van der Waals surface area contributed by atoms with Crippen LogP contribution in [0.5, 0.6) is 5.75 Å². The molecule has 2 aliphatic carbocycles. The van der Waals surface area contributed by atoms with Gasteiger partial charge in [0.2, 0.25) is 0 Å². The molecule has 0 aliphatic heterocycles. The zero-order chi connectivity index (χ0) is 60.9. The Morgan fingerprint density at radius 3 is 1.35 bits per heavy atom. The number of nitrogen functional groups attached to an aromatic ring is 1. The third-order valence-electron chi connectivity index (χ3n) is 12.4. The first kappa shape index (κ1) is 66.1. The Morgan fingerprint density at radius 2 is 0.963 bits per heavy atom. The van der Waals surface area contributed by atoms with Crippen molar-refractivity contribution in [3.8, 4) is 5.75 Å². The van der Waals surface area contributed by atoms with Gasteiger partial charge in [-0.1, -0.05) is 95.4 Å². The quantitative estimate of drug-likeness (QED) is 0.0271. The van der Waals surface area contributed by atoms with Crippen molar-refractivity contribution in [3.05, 3.63) is 189 Å². The highest BCUT2D eigenvalue weighted by Gasteiger charge is 2.37. The number of rotatable bonds is 13. The van der Waals surface area contributed by atoms with Gasteiger partial charge in [0.15, 0.2) is 5.75 Å². The first-order valence-corrected chi connectivity index (χ1v) is 25.4. The lowest BCUT2D eigenvalue weighted by Crippen LogP contribution is -2.36. The number of nitrogens with one attached hydrogen (secondary N) is 4. The van der Waals surface area contributed by atoms with Gasteiger partial charge in [-0.15, -0.1) is 0 Å². The highest BCUT2D eigenvalue weighted by atomic mass is 16.5. The Hall–Kier alpha value is -10.2. The van der Waals surface area contributed by atoms with Gasteiger partial charge in [-0.25, -0.2) is 9.59 Å². The number of ketones is 2. The van der Waals surface area contributed by atoms with E-state index >= 15 is 0 Å². The van der Waals surface area contributed by atoms with Gasteiger partial charge in [0.1, 0.15) is 17.5 Å². The molecule has 1 saturated carbocycles. The predicted molar refractivity (Wildman–Crippen MR) is 309 cm³/mol. The molecule has 0 amide bonds. The average molecular weight is 1120 g/mol. The van der Waals surface area contributed by atoms with Crippen molar-refractivity contribution in [1.82, 2.24) is 0 Å². The van der Waals surface area contributed by atoms with Crippen LogP contribution in [0, 0.1) is 46.5 Å². The number of hydrogen-bond donors (Lipinski definition) is 6. The number of aryl methyl sites for hydroxylation is 5. The normalized spacial score (nSPS) is 13.8. The van der Waals surface area contributed by atoms with E-state index in [0.717, 1.165) is 51.0 Å². The number of hydrogen-bond acceptors (Lipinski definition) is 18. The maximum absolute atomic E-state index is 12.4. The summed E-state index contributed by atoms with van der Waals surface area (Å²) in [6.07, 6.45) is 1.86. The lowest BCUT2D eigenvalue weighted by atomic mass is 9.81. The average Bonchev–Trinajstić information content (AvgIpc) is 3.66. The summed E-state index contributed by atoms with van der Waals surface area (Å²) in [5.41, 5.74) is 20.1. The van der Waals surface area contributed by atoms with Crippen molar-refractivity contribution in [2.75, 3.05) is 41.2 Å². The van der Waals surface area contributed by atoms with Gasteiger partial charge < -0.3 is 46.3 Å². The SMILES string of the molecule is COC(=O)C1=C(Nc2ccc(C)cc2)CC(C)=C(Nc2ccc(C)cc2)C1.COC(=O)C1CC(=O)C(C)CC1=O.Cc1ccc(N)cc1.Cc1ccc(Nc2cc(C(=O)O)c(Nc3ccc(C)cc3)cc2OC=O)cc1.O=C=O.O=C=O. The Balaban J connectivity index is 0.000000300. The molecule has 428 valence electrons. The van der Waals surface area contributed by atoms with Crippen molar-refractivity contribution in [2.24, 2.45) is 11.8 Å². The first-order valence-electron chi connectivity index (χ1n) is 25.4. The zero-order valence-electron chi connectivity index (χ0n) is 47.1. The Labute approximate surface area is 475 Å². The standard InChI is InChI=1S/C23H26N2O2.C22H20N2O4.C9H12O4.C7H9N.2CO2/c1-15-5-9-18(10-6-15)24-21-14-20(23(26)27-4)22(13-17(21)3)25-19-11-7-16(2)8-12-19;1-14-3-7-16(8-4-14)23-19-12-21(28-13-25)20(11-18(19)22(26)27)24-17-9-5-15(2)6-10-17;1-5-3-8(11)6(4-7(5)10)9(12)13-2;1-6-2-4-7(8)5-3-6;2*2-1-3/h5-12,24-25H,13-14H2,1-4H3;3-13,23-24H,1-2H3,(H,26,27);5-6H,3-4H2,1-2H3;2-5H,8H2,1H3;;. The number of carboxylic acids is 1. The van der Waals surface area contributed by atoms with E-state index in [-0.39, 0.29) is 59.9 Å². The Kier molecular flexibility index (Phi) is 27.3. The number of Topliss-reactive ketones (excluding diaryl/α,β-unsaturated/α-hetero) is 2. The van der Waals surface area contributed by atoms with Gasteiger partial charge in [-0.05, 0) is 114 Å². The van der Waals surface area contributed by atoms with Crippen LogP contribution in [0.3, 0.4) is 0 Å². The second-order valence-corrected chi connectivity index (χ2v) is 18.8. The van der Waals surface area contributed by atoms with Crippen LogP contribution in [0.25, 0.3) is 0 Å². The summed E-state index contributed by atoms with van der Waals surface area (Å²) in [6.45, 7) is 14.2. The van der Waals surface area contributed by atoms with Crippen LogP contribution in [0.15, 0.2) is 156 Å². The highest BCUT2D eigenvalue weighted by molar-refractivity contribution is 6.07. The van der Waals surface area contributed by atoms with Crippen LogP contribution in [-0.4, -0.2) is 67.6 Å². The van der Waals surface area contributed by atoms with Gasteiger partial charge in [0.25, 0.3) is 6.47 Å². The second-order valence-electron chi connectivity index (χ2n) is 18.8. The zero-order valence-corrected chi connectivity index (χ0v) is 47.1. The molecule has 7 N–H and O–H groups in total. The van der Waals surface area contributed by atoms with Crippen molar-refractivity contribution in [1.29, 1.82) is 0 Å². The number of ether oxygens (including phenoxy) is 3. The topological polar surface area (TPSA) is 293 Å². The molecule has 0 saturated heterocycles. The van der Waals surface area contributed by atoms with Gasteiger partial charge in [-0.3, -0.25) is 19.2 Å². The molecule has 19 heteroatoms. The van der Waals surface area contributed by atoms with Crippen molar-refractivity contribution in [3.63, 3.8) is 0 Å². The molecule has 2 unspecified atom stereocenters. The van der Waals surface area contributed by atoms with E-state index in [9.17, 15) is 33.9 Å². The number of anilines is 7. The minimum absolute atomic E-state index is 0.00662. The maximum Gasteiger partial charge on any atom is 0.373 e. The summed E-state index contributed by atoms with van der Waals surface area (Å²) in [4.78, 5) is 101. The monoisotopic (exact) mass is 1120 g/mol. The van der Waals surface area contributed by atoms with Crippen LogP contribution < -0.4 is 31.7 Å². The number of aromatic carboxylic acids is 1. The number of allylic oxidation sites excluding steroid dienone is 2. The molecule has 0 spiro atoms. The summed E-state index contributed by atoms with van der Waals surface area (Å²) in [5.74, 6) is -3.07. The molecular formula is C63H67N5O14. The predicted octanol–water partition coefficient (Wildman–Crippen LogP) is 11.1. The number of carbonyl (C=O) groups excluding carboxylic acids is 9. The van der Waals surface area contributed by atoms with E-state index in [1.807, 2.05) is 106 Å². The van der Waals surface area contributed by atoms with Crippen LogP contribution >= 0.6 is 0 Å². The van der Waals surface area contributed by atoms with Gasteiger partial charge in [0.05, 0.1) is 36.7 Å². The number of carbonyl (C=O) groups is 6. The number of benzene rings is 6. The lowest BCUT2D eigenvalue weighted by Gasteiger charge is -2.25. The number of methoxy groups -OCH3 is 2. The summed E-state index contributed by atoms with van der Waals surface area (Å²) >= 11 is 0. The Bertz CT molecular complexity index is 3240. The molecule has 82 heavy (non-hydrogen) atoms. The van der Waals surface area contributed by atoms with Gasteiger partial charge in [-0.2, -0.15) is 19.2 Å². The van der Waals surface area contributed by atoms with Crippen molar-refractivity contribution in [2.45, 2.75) is 74.1 Å². The fourth-order valence-corrected chi connectivity index (χ4v) is 7.81. The summed E-state index contributed by atoms with van der Waals surface area (Å²) < 4.78 is 14.6. The van der Waals surface area contributed by atoms with Gasteiger partial charge >= 0.3 is 30.2 Å². The molecule has 0 heterocycles. The molecule has 8 rings (SSSR count). The summed E-state index contributed by atoms with van der Waals surface area (Å²) in [7, 11) is 2.65. The molecule has 2 aliphatic rings. The smallest absolute Gasteiger partial charge is 0.373 e. The van der Waals surface area contributed by atoms with Crippen molar-refractivity contribution < 1.29 is 67.3 Å². The fourth-order valence-electron chi connectivity index (χ4n) is 7.81. The van der Waals surface area contributed by atoms with Gasteiger partial charge in [0, 0.05) is 77.5 Å². The molecule has 6 aromatic carbocycles.